The second-order valence-electron chi connectivity index (χ2n) is 8.78. The highest BCUT2D eigenvalue weighted by molar-refractivity contribution is 7.52. The highest BCUT2D eigenvalue weighted by atomic mass is 31.2. The standard InChI is InChI=1S/C23H29FN3O10P/c1-5-22(32)19(30)23(24,36-20(22)27-12-11-17(28)25-21(27)31)13-34-38(33,37-16-9-7-6-8-10-16)26-15(4)18(29)35-14(2)3/h5-12,14-15,19-20,30,32H,1,13H2,2-4H3,(H,26,33)(H,25,28,31)/t15?,19-,20+,22+,23+,38?/m0/s1. The molecule has 1 saturated heterocycles. The van der Waals surface area contributed by atoms with Gasteiger partial charge < -0.3 is 24.2 Å². The molecule has 0 amide bonds. The maximum absolute atomic E-state index is 16.0. The Morgan fingerprint density at radius 3 is 2.55 bits per heavy atom. The highest BCUT2D eigenvalue weighted by Gasteiger charge is 2.64. The van der Waals surface area contributed by atoms with E-state index >= 15 is 4.39 Å². The monoisotopic (exact) mass is 557 g/mol. The fourth-order valence-electron chi connectivity index (χ4n) is 3.55. The summed E-state index contributed by atoms with van der Waals surface area (Å²) >= 11 is 0. The Morgan fingerprint density at radius 2 is 1.97 bits per heavy atom. The third-order valence-corrected chi connectivity index (χ3v) is 7.06. The average molecular weight is 557 g/mol. The Labute approximate surface area is 216 Å². The zero-order valence-corrected chi connectivity index (χ0v) is 21.7. The van der Waals surface area contributed by atoms with Crippen LogP contribution >= 0.6 is 7.75 Å². The van der Waals surface area contributed by atoms with E-state index in [2.05, 4.69) is 11.7 Å². The van der Waals surface area contributed by atoms with Crippen molar-refractivity contribution in [3.63, 3.8) is 0 Å². The number of esters is 1. The van der Waals surface area contributed by atoms with Crippen molar-refractivity contribution in [3.8, 4) is 5.75 Å². The van der Waals surface area contributed by atoms with Crippen molar-refractivity contribution in [2.24, 2.45) is 0 Å². The van der Waals surface area contributed by atoms with Gasteiger partial charge in [0.25, 0.3) is 11.4 Å². The Morgan fingerprint density at radius 1 is 1.32 bits per heavy atom. The quantitative estimate of drug-likeness (QED) is 0.177. The zero-order valence-electron chi connectivity index (χ0n) is 20.8. The van der Waals surface area contributed by atoms with Crippen LogP contribution in [-0.2, 0) is 23.4 Å². The molecule has 6 atom stereocenters. The lowest BCUT2D eigenvalue weighted by molar-refractivity contribution is -0.204. The number of aromatic amines is 1. The summed E-state index contributed by atoms with van der Waals surface area (Å²) in [5, 5.41) is 24.0. The number of nitrogens with one attached hydrogen (secondary N) is 2. The molecule has 0 spiro atoms. The van der Waals surface area contributed by atoms with Crippen molar-refractivity contribution < 1.29 is 42.5 Å². The predicted molar refractivity (Wildman–Crippen MR) is 131 cm³/mol. The van der Waals surface area contributed by atoms with Gasteiger partial charge in [0.2, 0.25) is 0 Å². The molecular formula is C23H29FN3O10P. The van der Waals surface area contributed by atoms with Crippen molar-refractivity contribution >= 4 is 13.7 Å². The molecule has 15 heteroatoms. The van der Waals surface area contributed by atoms with Gasteiger partial charge in [-0.25, -0.2) is 13.8 Å². The number of hydrogen-bond donors (Lipinski definition) is 4. The van der Waals surface area contributed by atoms with E-state index in [1.807, 2.05) is 4.98 Å². The maximum Gasteiger partial charge on any atom is 0.459 e. The molecule has 2 aromatic rings. The fourth-order valence-corrected chi connectivity index (χ4v) is 5.05. The predicted octanol–water partition coefficient (Wildman–Crippen LogP) is 1.14. The third kappa shape index (κ3) is 6.29. The summed E-state index contributed by atoms with van der Waals surface area (Å²) in [7, 11) is -4.58. The molecule has 1 aliphatic heterocycles. The Hall–Kier alpha value is -3.13. The largest absolute Gasteiger partial charge is 0.462 e. The molecule has 2 heterocycles. The zero-order chi connectivity index (χ0) is 28.3. The van der Waals surface area contributed by atoms with Crippen LogP contribution in [0.15, 0.2) is 64.8 Å². The van der Waals surface area contributed by atoms with Crippen LogP contribution in [0.25, 0.3) is 0 Å². The lowest BCUT2D eigenvalue weighted by Crippen LogP contribution is -2.50. The molecule has 13 nitrogen and oxygen atoms in total. The van der Waals surface area contributed by atoms with Gasteiger partial charge in [-0.2, -0.15) is 5.09 Å². The highest BCUT2D eigenvalue weighted by Crippen LogP contribution is 2.50. The van der Waals surface area contributed by atoms with E-state index in [1.54, 1.807) is 32.0 Å². The molecule has 1 aromatic heterocycles. The minimum Gasteiger partial charge on any atom is -0.462 e. The Kier molecular flexibility index (Phi) is 8.76. The van der Waals surface area contributed by atoms with Crippen molar-refractivity contribution in [1.29, 1.82) is 0 Å². The van der Waals surface area contributed by atoms with Gasteiger partial charge in [-0.3, -0.25) is 23.7 Å². The minimum atomic E-state index is -4.58. The van der Waals surface area contributed by atoms with Gasteiger partial charge in [-0.05, 0) is 32.9 Å². The second-order valence-corrected chi connectivity index (χ2v) is 10.5. The van der Waals surface area contributed by atoms with Gasteiger partial charge in [0.1, 0.15) is 18.4 Å². The molecular weight excluding hydrogens is 528 g/mol. The summed E-state index contributed by atoms with van der Waals surface area (Å²) in [6, 6.07) is 7.31. The Balaban J connectivity index is 1.90. The number of nitrogens with zero attached hydrogens (tertiary/aromatic N) is 1. The summed E-state index contributed by atoms with van der Waals surface area (Å²) < 4.78 is 51.2. The molecule has 0 aliphatic carbocycles. The van der Waals surface area contributed by atoms with E-state index in [-0.39, 0.29) is 5.75 Å². The van der Waals surface area contributed by atoms with Crippen LogP contribution in [0.1, 0.15) is 27.0 Å². The van der Waals surface area contributed by atoms with Gasteiger partial charge in [0.05, 0.1) is 6.10 Å². The van der Waals surface area contributed by atoms with E-state index in [4.69, 9.17) is 18.5 Å². The van der Waals surface area contributed by atoms with Crippen LogP contribution in [0.3, 0.4) is 0 Å². The lowest BCUT2D eigenvalue weighted by atomic mass is 9.93. The number of carbonyl (C=O) groups is 1. The van der Waals surface area contributed by atoms with Gasteiger partial charge in [-0.1, -0.05) is 30.9 Å². The Bertz CT molecular complexity index is 1320. The molecule has 4 N–H and O–H groups in total. The van der Waals surface area contributed by atoms with E-state index in [1.165, 1.54) is 19.1 Å². The molecule has 0 bridgehead atoms. The van der Waals surface area contributed by atoms with Gasteiger partial charge in [0.15, 0.2) is 17.9 Å². The first-order valence-corrected chi connectivity index (χ1v) is 13.0. The molecule has 1 aliphatic rings. The van der Waals surface area contributed by atoms with Crippen LogP contribution in [0.5, 0.6) is 5.75 Å². The topological polar surface area (TPSA) is 178 Å². The smallest absolute Gasteiger partial charge is 0.459 e. The number of H-pyrrole nitrogens is 1. The molecule has 1 aromatic carbocycles. The molecule has 38 heavy (non-hydrogen) atoms. The third-order valence-electron chi connectivity index (χ3n) is 5.44. The van der Waals surface area contributed by atoms with Crippen LogP contribution in [0, 0.1) is 0 Å². The number of aliphatic hydroxyl groups is 2. The summed E-state index contributed by atoms with van der Waals surface area (Å²) in [6.45, 7) is 6.60. The van der Waals surface area contributed by atoms with E-state index in [9.17, 15) is 29.2 Å². The van der Waals surface area contributed by atoms with Crippen molar-refractivity contribution in [3.05, 3.63) is 76.1 Å². The maximum atomic E-state index is 16.0. The number of benzene rings is 1. The van der Waals surface area contributed by atoms with Gasteiger partial charge in [0, 0.05) is 12.3 Å². The van der Waals surface area contributed by atoms with Gasteiger partial charge in [-0.15, -0.1) is 0 Å². The number of halogens is 1. The molecule has 0 saturated carbocycles. The normalized spacial score (nSPS) is 27.4. The van der Waals surface area contributed by atoms with Crippen molar-refractivity contribution in [2.45, 2.75) is 56.7 Å². The SMILES string of the molecule is C=C[C@]1(O)[C@H](n2ccc(=O)[nH]c2=O)O[C@](F)(COP(=O)(NC(C)C(=O)OC(C)C)Oc2ccccc2)[C@H]1O. The number of aromatic nitrogens is 2. The number of para-hydroxylation sites is 1. The number of ether oxygens (including phenoxy) is 2. The number of aliphatic hydroxyl groups excluding tert-OH is 1. The average Bonchev–Trinajstić information content (AvgIpc) is 3.05. The number of rotatable bonds is 11. The second kappa shape index (κ2) is 11.3. The first-order valence-electron chi connectivity index (χ1n) is 11.4. The van der Waals surface area contributed by atoms with Crippen LogP contribution < -0.4 is 20.9 Å². The van der Waals surface area contributed by atoms with E-state index < -0.39 is 67.5 Å². The van der Waals surface area contributed by atoms with Crippen LogP contribution in [0.2, 0.25) is 0 Å². The summed E-state index contributed by atoms with van der Waals surface area (Å²) in [5.74, 6) is -4.04. The van der Waals surface area contributed by atoms with Crippen molar-refractivity contribution in [2.75, 3.05) is 6.61 Å². The molecule has 3 rings (SSSR count). The van der Waals surface area contributed by atoms with E-state index in [0.29, 0.717) is 4.57 Å². The van der Waals surface area contributed by atoms with Gasteiger partial charge >= 0.3 is 19.4 Å². The summed E-state index contributed by atoms with van der Waals surface area (Å²) in [5.41, 5.74) is -4.43. The fraction of sp³-hybridized carbons (Fsp3) is 0.435. The molecule has 0 radical (unpaired) electrons. The minimum absolute atomic E-state index is 0.0359. The van der Waals surface area contributed by atoms with Crippen LogP contribution in [0.4, 0.5) is 4.39 Å². The summed E-state index contributed by atoms with van der Waals surface area (Å²) in [4.78, 5) is 37.9. The number of carbonyl (C=O) groups excluding carboxylic acids is 1. The first kappa shape index (κ1) is 29.4. The number of alkyl halides is 1. The lowest BCUT2D eigenvalue weighted by Gasteiger charge is -2.29. The molecule has 1 fully saturated rings. The molecule has 2 unspecified atom stereocenters. The summed E-state index contributed by atoms with van der Waals surface area (Å²) in [6.07, 6.45) is -3.13. The first-order chi connectivity index (χ1) is 17.7. The van der Waals surface area contributed by atoms with E-state index in [0.717, 1.165) is 18.3 Å². The molecule has 208 valence electrons. The van der Waals surface area contributed by atoms with Crippen LogP contribution in [-0.4, -0.2) is 62.0 Å². The van der Waals surface area contributed by atoms with Crippen molar-refractivity contribution in [1.82, 2.24) is 14.6 Å². The number of hydrogen-bond acceptors (Lipinski definition) is 10.